The van der Waals surface area contributed by atoms with Crippen molar-refractivity contribution in [2.24, 2.45) is 10.7 Å². The van der Waals surface area contributed by atoms with Crippen LogP contribution in [0.5, 0.6) is 5.75 Å². The van der Waals surface area contributed by atoms with Crippen molar-refractivity contribution in [3.05, 3.63) is 59.9 Å². The van der Waals surface area contributed by atoms with Crippen LogP contribution in [-0.4, -0.2) is 43.6 Å². The summed E-state index contributed by atoms with van der Waals surface area (Å²) < 4.78 is 42.0. The molecule has 0 saturated carbocycles. The van der Waals surface area contributed by atoms with Gasteiger partial charge in [-0.1, -0.05) is 12.1 Å². The summed E-state index contributed by atoms with van der Waals surface area (Å²) >= 11 is 0. The molecule has 0 aromatic heterocycles. The van der Waals surface area contributed by atoms with Crippen molar-refractivity contribution < 1.29 is 17.9 Å². The van der Waals surface area contributed by atoms with Crippen molar-refractivity contribution in [2.45, 2.75) is 13.2 Å². The molecule has 1 heterocycles. The Morgan fingerprint density at radius 3 is 2.39 bits per heavy atom. The van der Waals surface area contributed by atoms with E-state index in [-0.39, 0.29) is 42.1 Å². The lowest BCUT2D eigenvalue weighted by Crippen LogP contribution is -2.51. The molecular weight excluding hydrogens is 484 g/mol. The quantitative estimate of drug-likeness (QED) is 0.382. The summed E-state index contributed by atoms with van der Waals surface area (Å²) in [6.07, 6.45) is 0. The fourth-order valence-electron chi connectivity index (χ4n) is 2.94. The van der Waals surface area contributed by atoms with E-state index in [9.17, 15) is 13.2 Å². The number of anilines is 1. The van der Waals surface area contributed by atoms with Crippen LogP contribution in [0.4, 0.5) is 18.9 Å². The fourth-order valence-corrected chi connectivity index (χ4v) is 2.94. The Balaban J connectivity index is 0.00000280. The van der Waals surface area contributed by atoms with Gasteiger partial charge in [-0.15, -0.1) is 24.0 Å². The normalized spacial score (nSPS) is 14.8. The van der Waals surface area contributed by atoms with Gasteiger partial charge >= 0.3 is 6.61 Å². The van der Waals surface area contributed by atoms with E-state index in [2.05, 4.69) is 14.6 Å². The van der Waals surface area contributed by atoms with Crippen LogP contribution in [0.15, 0.2) is 53.5 Å². The number of alkyl halides is 2. The average molecular weight is 506 g/mol. The second-order valence-electron chi connectivity index (χ2n) is 6.15. The monoisotopic (exact) mass is 506 g/mol. The summed E-state index contributed by atoms with van der Waals surface area (Å²) in [5.41, 5.74) is 7.79. The van der Waals surface area contributed by atoms with E-state index in [0.29, 0.717) is 19.0 Å². The second-order valence-corrected chi connectivity index (χ2v) is 6.15. The van der Waals surface area contributed by atoms with E-state index in [1.165, 1.54) is 24.3 Å². The summed E-state index contributed by atoms with van der Waals surface area (Å²) in [6, 6.07) is 12.8. The van der Waals surface area contributed by atoms with Gasteiger partial charge in [0.2, 0.25) is 0 Å². The van der Waals surface area contributed by atoms with Crippen LogP contribution in [0.3, 0.4) is 0 Å². The van der Waals surface area contributed by atoms with Crippen LogP contribution < -0.4 is 15.4 Å². The van der Waals surface area contributed by atoms with Gasteiger partial charge in [0.1, 0.15) is 11.6 Å². The van der Waals surface area contributed by atoms with Gasteiger partial charge < -0.3 is 20.3 Å². The Bertz CT molecular complexity index is 781. The minimum absolute atomic E-state index is 0. The lowest BCUT2D eigenvalue weighted by atomic mass is 10.2. The van der Waals surface area contributed by atoms with Crippen LogP contribution in [0.2, 0.25) is 0 Å². The van der Waals surface area contributed by atoms with E-state index in [1.807, 2.05) is 4.90 Å². The summed E-state index contributed by atoms with van der Waals surface area (Å²) in [7, 11) is 0. The molecule has 2 aromatic rings. The SMILES string of the molecule is I.NC(=NCc1cccc(OC(F)F)c1)N1CCN(c2ccc(F)cc2)CC1. The molecule has 3 rings (SSSR count). The average Bonchev–Trinajstić information content (AvgIpc) is 2.67. The van der Waals surface area contributed by atoms with Gasteiger partial charge in [-0.3, -0.25) is 0 Å². The standard InChI is InChI=1S/C19H21F3N4O.HI/c20-15-4-6-16(7-5-15)25-8-10-26(11-9-25)19(23)24-13-14-2-1-3-17(12-14)27-18(21)22;/h1-7,12,18H,8-11,13H2,(H2,23,24);1H. The highest BCUT2D eigenvalue weighted by Gasteiger charge is 2.18. The van der Waals surface area contributed by atoms with Crippen LogP contribution >= 0.6 is 24.0 Å². The largest absolute Gasteiger partial charge is 0.435 e. The minimum atomic E-state index is -2.86. The highest BCUT2D eigenvalue weighted by Crippen LogP contribution is 2.18. The van der Waals surface area contributed by atoms with Gasteiger partial charge in [0.25, 0.3) is 0 Å². The molecule has 5 nitrogen and oxygen atoms in total. The van der Waals surface area contributed by atoms with Gasteiger partial charge in [0.15, 0.2) is 5.96 Å². The second kappa shape index (κ2) is 10.4. The van der Waals surface area contributed by atoms with E-state index >= 15 is 0 Å². The van der Waals surface area contributed by atoms with Crippen molar-refractivity contribution in [3.8, 4) is 5.75 Å². The van der Waals surface area contributed by atoms with E-state index in [1.54, 1.807) is 24.3 Å². The predicted molar refractivity (Wildman–Crippen MR) is 114 cm³/mol. The molecular formula is C19H22F3IN4O. The third-order valence-corrected chi connectivity index (χ3v) is 4.34. The maximum atomic E-state index is 13.0. The first kappa shape index (κ1) is 22.1. The molecule has 0 bridgehead atoms. The molecule has 0 radical (unpaired) electrons. The maximum absolute atomic E-state index is 13.0. The first-order valence-electron chi connectivity index (χ1n) is 8.60. The number of benzene rings is 2. The summed E-state index contributed by atoms with van der Waals surface area (Å²) in [5, 5.41) is 0. The van der Waals surface area contributed by atoms with Crippen LogP contribution in [-0.2, 0) is 6.54 Å². The van der Waals surface area contributed by atoms with Crippen molar-refractivity contribution in [3.63, 3.8) is 0 Å². The van der Waals surface area contributed by atoms with E-state index in [4.69, 9.17) is 5.73 Å². The van der Waals surface area contributed by atoms with Crippen molar-refractivity contribution in [1.29, 1.82) is 0 Å². The van der Waals surface area contributed by atoms with Gasteiger partial charge in [-0.2, -0.15) is 8.78 Å². The van der Waals surface area contributed by atoms with E-state index in [0.717, 1.165) is 24.3 Å². The number of halogens is 4. The Labute approximate surface area is 179 Å². The number of ether oxygens (including phenoxy) is 1. The number of hydrogen-bond acceptors (Lipinski definition) is 3. The molecule has 9 heteroatoms. The zero-order valence-corrected chi connectivity index (χ0v) is 17.4. The molecule has 1 saturated heterocycles. The molecule has 0 spiro atoms. The van der Waals surface area contributed by atoms with Crippen molar-refractivity contribution in [2.75, 3.05) is 31.1 Å². The first-order chi connectivity index (χ1) is 13.0. The number of piperazine rings is 1. The summed E-state index contributed by atoms with van der Waals surface area (Å²) in [6.45, 7) is 0.317. The lowest BCUT2D eigenvalue weighted by Gasteiger charge is -2.36. The zero-order chi connectivity index (χ0) is 19.2. The highest BCUT2D eigenvalue weighted by molar-refractivity contribution is 14.0. The molecule has 0 aliphatic carbocycles. The first-order valence-corrected chi connectivity index (χ1v) is 8.60. The number of nitrogens with zero attached hydrogens (tertiary/aromatic N) is 3. The van der Waals surface area contributed by atoms with Crippen molar-refractivity contribution in [1.82, 2.24) is 4.90 Å². The lowest BCUT2D eigenvalue weighted by molar-refractivity contribution is -0.0498. The number of nitrogens with two attached hydrogens (primary N) is 1. The molecule has 28 heavy (non-hydrogen) atoms. The summed E-state index contributed by atoms with van der Waals surface area (Å²) in [5.74, 6) is 0.259. The maximum Gasteiger partial charge on any atom is 0.387 e. The predicted octanol–water partition coefficient (Wildman–Crippen LogP) is 3.68. The number of rotatable bonds is 5. The summed E-state index contributed by atoms with van der Waals surface area (Å²) in [4.78, 5) is 8.49. The molecule has 1 aliphatic heterocycles. The smallest absolute Gasteiger partial charge is 0.387 e. The Morgan fingerprint density at radius 1 is 1.07 bits per heavy atom. The van der Waals surface area contributed by atoms with Gasteiger partial charge in [-0.05, 0) is 42.0 Å². The van der Waals surface area contributed by atoms with Gasteiger partial charge in [-0.25, -0.2) is 9.38 Å². The molecule has 0 unspecified atom stereocenters. The zero-order valence-electron chi connectivity index (χ0n) is 15.1. The molecule has 1 aliphatic rings. The number of hydrogen-bond donors (Lipinski definition) is 1. The Hall–Kier alpha value is -2.17. The molecule has 2 aromatic carbocycles. The number of guanidine groups is 1. The van der Waals surface area contributed by atoms with Crippen LogP contribution in [0, 0.1) is 5.82 Å². The fraction of sp³-hybridized carbons (Fsp3) is 0.316. The third-order valence-electron chi connectivity index (χ3n) is 4.34. The van der Waals surface area contributed by atoms with E-state index < -0.39 is 6.61 Å². The Morgan fingerprint density at radius 2 is 1.75 bits per heavy atom. The number of aliphatic imine (C=N–C) groups is 1. The van der Waals surface area contributed by atoms with Crippen LogP contribution in [0.25, 0.3) is 0 Å². The highest BCUT2D eigenvalue weighted by atomic mass is 127. The topological polar surface area (TPSA) is 54.1 Å². The molecule has 2 N–H and O–H groups in total. The van der Waals surface area contributed by atoms with Gasteiger partial charge in [0, 0.05) is 31.9 Å². The minimum Gasteiger partial charge on any atom is -0.435 e. The van der Waals surface area contributed by atoms with Crippen molar-refractivity contribution >= 4 is 35.6 Å². The van der Waals surface area contributed by atoms with Crippen LogP contribution in [0.1, 0.15) is 5.56 Å². The molecule has 1 fully saturated rings. The third kappa shape index (κ3) is 6.18. The molecule has 0 atom stereocenters. The molecule has 0 amide bonds. The van der Waals surface area contributed by atoms with Gasteiger partial charge in [0.05, 0.1) is 6.54 Å². The Kier molecular flexibility index (Phi) is 8.21. The molecule has 152 valence electrons.